The molecule has 0 aromatic rings. The van der Waals surface area contributed by atoms with Gasteiger partial charge in [0.25, 0.3) is 0 Å². The molecule has 0 saturated heterocycles. The van der Waals surface area contributed by atoms with Crippen LogP contribution < -0.4 is 0 Å². The molecule has 0 heterocycles. The van der Waals surface area contributed by atoms with Gasteiger partial charge in [0.15, 0.2) is 0 Å². The van der Waals surface area contributed by atoms with Crippen molar-refractivity contribution in [3.05, 3.63) is 0 Å². The summed E-state index contributed by atoms with van der Waals surface area (Å²) < 4.78 is 10.9. The summed E-state index contributed by atoms with van der Waals surface area (Å²) in [6, 6.07) is 0. The molecule has 0 bridgehead atoms. The first-order valence-corrected chi connectivity index (χ1v) is 5.21. The van der Waals surface area contributed by atoms with Gasteiger partial charge in [-0.3, -0.25) is 4.57 Å². The molecule has 10 heavy (non-hydrogen) atoms. The summed E-state index contributed by atoms with van der Waals surface area (Å²) in [7, 11) is -3.24. The lowest BCUT2D eigenvalue weighted by Gasteiger charge is -2.20. The van der Waals surface area contributed by atoms with Crippen molar-refractivity contribution in [3.8, 4) is 0 Å². The van der Waals surface area contributed by atoms with E-state index in [2.05, 4.69) is 0 Å². The summed E-state index contributed by atoms with van der Waals surface area (Å²) in [5, 5.41) is 8.44. The van der Waals surface area contributed by atoms with Gasteiger partial charge in [-0.15, -0.1) is 0 Å². The van der Waals surface area contributed by atoms with E-state index in [1.54, 1.807) is 0 Å². The van der Waals surface area contributed by atoms with Crippen molar-refractivity contribution in [2.45, 2.75) is 20.8 Å². The van der Waals surface area contributed by atoms with E-state index in [0.29, 0.717) is 0 Å². The average Bonchev–Trinajstić information content (AvgIpc) is 1.60. The summed E-state index contributed by atoms with van der Waals surface area (Å²) in [6.07, 6.45) is -0.430. The van der Waals surface area contributed by atoms with Crippen LogP contribution in [0.5, 0.6) is 0 Å². The third kappa shape index (κ3) is 4.98. The monoisotopic (exact) mass is 166 g/mol. The lowest BCUT2D eigenvalue weighted by Crippen LogP contribution is -2.12. The molecule has 0 spiro atoms. The Hall–Kier alpha value is 0.150. The zero-order valence-electron chi connectivity index (χ0n) is 6.66. The third-order valence-electron chi connectivity index (χ3n) is 0.942. The van der Waals surface area contributed by atoms with Crippen LogP contribution in [0.3, 0.4) is 0 Å². The maximum atomic E-state index is 10.9. The van der Waals surface area contributed by atoms with E-state index in [1.807, 2.05) is 20.8 Å². The van der Waals surface area contributed by atoms with Crippen LogP contribution in [0.4, 0.5) is 0 Å². The van der Waals surface area contributed by atoms with Gasteiger partial charge in [-0.05, 0) is 5.41 Å². The topological polar surface area (TPSA) is 57.5 Å². The summed E-state index contributed by atoms with van der Waals surface area (Å²) in [4.78, 5) is 8.96. The quantitative estimate of drug-likeness (QED) is 0.607. The van der Waals surface area contributed by atoms with Gasteiger partial charge in [-0.2, -0.15) is 0 Å². The molecule has 62 valence electrons. The first-order chi connectivity index (χ1) is 4.27. The van der Waals surface area contributed by atoms with Gasteiger partial charge in [-0.1, -0.05) is 20.8 Å². The van der Waals surface area contributed by atoms with Gasteiger partial charge in [0.2, 0.25) is 7.37 Å². The predicted molar refractivity (Wildman–Crippen MR) is 41.2 cm³/mol. The minimum atomic E-state index is -3.24. The Balaban J connectivity index is 4.03. The Morgan fingerprint density at radius 3 is 1.90 bits per heavy atom. The van der Waals surface area contributed by atoms with Crippen molar-refractivity contribution in [2.24, 2.45) is 5.41 Å². The van der Waals surface area contributed by atoms with E-state index in [4.69, 9.17) is 10.00 Å². The minimum absolute atomic E-state index is 0.177. The van der Waals surface area contributed by atoms with Gasteiger partial charge in [0.05, 0.1) is 0 Å². The molecule has 2 N–H and O–H groups in total. The number of aliphatic hydroxyl groups excluding tert-OH is 1. The SMILES string of the molecule is CC(C)(C)CP(=O)(O)CO. The molecule has 0 aliphatic rings. The largest absolute Gasteiger partial charge is 0.386 e. The molecule has 3 nitrogen and oxygen atoms in total. The minimum Gasteiger partial charge on any atom is -0.386 e. The fourth-order valence-corrected chi connectivity index (χ4v) is 2.37. The standard InChI is InChI=1S/C6H15O3P/c1-6(2,3)4-10(8,9)5-7/h7H,4-5H2,1-3H3,(H,8,9). The van der Waals surface area contributed by atoms with Gasteiger partial charge in [0, 0.05) is 6.16 Å². The molecule has 1 unspecified atom stereocenters. The van der Waals surface area contributed by atoms with Crippen molar-refractivity contribution >= 4 is 7.37 Å². The number of rotatable bonds is 2. The average molecular weight is 166 g/mol. The molecule has 1 atom stereocenters. The highest BCUT2D eigenvalue weighted by Gasteiger charge is 2.24. The van der Waals surface area contributed by atoms with E-state index in [-0.39, 0.29) is 11.6 Å². The molecule has 0 aromatic carbocycles. The molecule has 4 heteroatoms. The van der Waals surface area contributed by atoms with Crippen LogP contribution in [0.15, 0.2) is 0 Å². The Kier molecular flexibility index (Phi) is 3.08. The molecule has 0 aliphatic carbocycles. The Labute approximate surface area is 61.5 Å². The van der Waals surface area contributed by atoms with Crippen LogP contribution in [0.2, 0.25) is 0 Å². The van der Waals surface area contributed by atoms with Gasteiger partial charge < -0.3 is 10.00 Å². The van der Waals surface area contributed by atoms with Gasteiger partial charge in [-0.25, -0.2) is 0 Å². The van der Waals surface area contributed by atoms with Crippen LogP contribution in [-0.4, -0.2) is 22.5 Å². The Bertz CT molecular complexity index is 148. The van der Waals surface area contributed by atoms with Crippen LogP contribution in [0, 0.1) is 5.41 Å². The van der Waals surface area contributed by atoms with E-state index in [1.165, 1.54) is 0 Å². The second-order valence-corrected chi connectivity index (χ2v) is 6.00. The highest BCUT2D eigenvalue weighted by atomic mass is 31.2. The van der Waals surface area contributed by atoms with E-state index in [9.17, 15) is 4.57 Å². The molecule has 0 aliphatic heterocycles. The zero-order chi connectivity index (χ0) is 8.41. The van der Waals surface area contributed by atoms with Gasteiger partial charge >= 0.3 is 0 Å². The number of aliphatic hydroxyl groups is 1. The zero-order valence-corrected chi connectivity index (χ0v) is 7.56. The first kappa shape index (κ1) is 10.2. The fraction of sp³-hybridized carbons (Fsp3) is 1.00. The second-order valence-electron chi connectivity index (χ2n) is 3.71. The molecule has 0 fully saturated rings. The van der Waals surface area contributed by atoms with E-state index >= 15 is 0 Å². The molecular formula is C6H15O3P. The van der Waals surface area contributed by atoms with Crippen LogP contribution in [0.25, 0.3) is 0 Å². The summed E-state index contributed by atoms with van der Waals surface area (Å²) in [5.74, 6) is 0. The molecule has 0 radical (unpaired) electrons. The molecule has 0 rings (SSSR count). The number of hydrogen-bond donors (Lipinski definition) is 2. The highest BCUT2D eigenvalue weighted by Crippen LogP contribution is 2.44. The summed E-state index contributed by atoms with van der Waals surface area (Å²) in [6.45, 7) is 5.60. The smallest absolute Gasteiger partial charge is 0.225 e. The van der Waals surface area contributed by atoms with Crippen LogP contribution in [-0.2, 0) is 4.57 Å². The van der Waals surface area contributed by atoms with E-state index in [0.717, 1.165) is 0 Å². The van der Waals surface area contributed by atoms with Crippen molar-refractivity contribution in [3.63, 3.8) is 0 Å². The lowest BCUT2D eigenvalue weighted by atomic mass is 10.0. The lowest BCUT2D eigenvalue weighted by molar-refractivity contribution is 0.323. The normalized spacial score (nSPS) is 18.5. The molecular weight excluding hydrogens is 151 g/mol. The number of hydrogen-bond acceptors (Lipinski definition) is 2. The Morgan fingerprint density at radius 2 is 1.80 bits per heavy atom. The fourth-order valence-electron chi connectivity index (χ4n) is 0.791. The van der Waals surface area contributed by atoms with Crippen LogP contribution in [0.1, 0.15) is 20.8 Å². The first-order valence-electron chi connectivity index (χ1n) is 3.18. The molecule has 0 amide bonds. The maximum absolute atomic E-state index is 10.9. The summed E-state index contributed by atoms with van der Waals surface area (Å²) in [5.41, 5.74) is -0.187. The van der Waals surface area contributed by atoms with Crippen LogP contribution >= 0.6 is 7.37 Å². The third-order valence-corrected chi connectivity index (χ3v) is 2.83. The van der Waals surface area contributed by atoms with Gasteiger partial charge in [0.1, 0.15) is 6.35 Å². The van der Waals surface area contributed by atoms with Crippen molar-refractivity contribution in [1.29, 1.82) is 0 Å². The van der Waals surface area contributed by atoms with Crippen molar-refractivity contribution in [1.82, 2.24) is 0 Å². The highest BCUT2D eigenvalue weighted by molar-refractivity contribution is 7.57. The van der Waals surface area contributed by atoms with E-state index < -0.39 is 13.7 Å². The van der Waals surface area contributed by atoms with Crippen molar-refractivity contribution < 1.29 is 14.6 Å². The maximum Gasteiger partial charge on any atom is 0.225 e. The van der Waals surface area contributed by atoms with Crippen molar-refractivity contribution in [2.75, 3.05) is 12.5 Å². The second kappa shape index (κ2) is 3.04. The predicted octanol–water partition coefficient (Wildman–Crippen LogP) is 1.25. The summed E-state index contributed by atoms with van der Waals surface area (Å²) >= 11 is 0. The Morgan fingerprint density at radius 1 is 1.40 bits per heavy atom. The molecule has 0 aromatic heterocycles. The molecule has 0 saturated carbocycles.